The molecule has 148 valence electrons. The maximum absolute atomic E-state index is 14.1. The van der Waals surface area contributed by atoms with E-state index in [2.05, 4.69) is 36.0 Å². The normalized spacial score (nSPS) is 21.3. The highest BCUT2D eigenvalue weighted by atomic mass is 79.9. The van der Waals surface area contributed by atoms with Crippen LogP contribution in [0.1, 0.15) is 47.3 Å². The summed E-state index contributed by atoms with van der Waals surface area (Å²) in [6, 6.07) is 1.42. The Hall–Kier alpha value is -2.88. The lowest BCUT2D eigenvalue weighted by atomic mass is 10.0. The van der Waals surface area contributed by atoms with E-state index in [0.29, 0.717) is 36.5 Å². The van der Waals surface area contributed by atoms with Crippen LogP contribution in [0.15, 0.2) is 46.4 Å². The third-order valence-corrected chi connectivity index (χ3v) is 5.74. The Kier molecular flexibility index (Phi) is 4.30. The number of hydrogen-bond donors (Lipinski definition) is 0. The minimum absolute atomic E-state index is 0.178. The summed E-state index contributed by atoms with van der Waals surface area (Å²) in [7, 11) is 0. The molecule has 0 aromatic carbocycles. The smallest absolute Gasteiger partial charge is 0.275 e. The van der Waals surface area contributed by atoms with E-state index in [9.17, 15) is 9.18 Å². The highest BCUT2D eigenvalue weighted by Gasteiger charge is 2.33. The van der Waals surface area contributed by atoms with E-state index >= 15 is 0 Å². The number of imidazole rings is 1. The van der Waals surface area contributed by atoms with Gasteiger partial charge in [0.2, 0.25) is 0 Å². The van der Waals surface area contributed by atoms with Crippen LogP contribution >= 0.6 is 15.9 Å². The molecule has 2 unspecified atom stereocenters. The topological polar surface area (TPSA) is 80.7 Å². The SMILES string of the molecule is CC1c2nc(C3CC=CN=C3F)cn2CCN1C(=O)c1cc2ncc(Br)cn2n1. The highest BCUT2D eigenvalue weighted by Crippen LogP contribution is 2.31. The summed E-state index contributed by atoms with van der Waals surface area (Å²) in [4.78, 5) is 27.5. The summed E-state index contributed by atoms with van der Waals surface area (Å²) in [6.07, 6.45) is 9.14. The summed E-state index contributed by atoms with van der Waals surface area (Å²) < 4.78 is 18.5. The molecule has 2 aliphatic rings. The fourth-order valence-electron chi connectivity index (χ4n) is 3.81. The number of halogens is 2. The number of rotatable bonds is 2. The lowest BCUT2D eigenvalue weighted by Gasteiger charge is -2.33. The first-order valence-electron chi connectivity index (χ1n) is 9.28. The Labute approximate surface area is 173 Å². The molecule has 0 radical (unpaired) electrons. The fraction of sp³-hybridized carbons (Fsp3) is 0.316. The van der Waals surface area contributed by atoms with Gasteiger partial charge in [-0.15, -0.1) is 0 Å². The van der Waals surface area contributed by atoms with Crippen LogP contribution in [0, 0.1) is 0 Å². The van der Waals surface area contributed by atoms with Crippen LogP contribution < -0.4 is 0 Å². The maximum Gasteiger partial charge on any atom is 0.275 e. The number of fused-ring (bicyclic) bond motifs is 2. The van der Waals surface area contributed by atoms with Gasteiger partial charge >= 0.3 is 0 Å². The Bertz CT molecular complexity index is 1180. The first-order chi connectivity index (χ1) is 14.0. The molecule has 8 nitrogen and oxygen atoms in total. The lowest BCUT2D eigenvalue weighted by Crippen LogP contribution is -2.41. The van der Waals surface area contributed by atoms with Gasteiger partial charge in [-0.2, -0.15) is 9.49 Å². The van der Waals surface area contributed by atoms with Crippen molar-refractivity contribution < 1.29 is 9.18 Å². The molecule has 0 saturated heterocycles. The third-order valence-electron chi connectivity index (χ3n) is 5.33. The molecule has 10 heteroatoms. The van der Waals surface area contributed by atoms with Crippen LogP contribution in [0.3, 0.4) is 0 Å². The molecule has 0 fully saturated rings. The summed E-state index contributed by atoms with van der Waals surface area (Å²) in [5.41, 5.74) is 1.58. The second-order valence-corrected chi connectivity index (χ2v) is 8.04. The molecule has 0 N–H and O–H groups in total. The Morgan fingerprint density at radius 2 is 2.17 bits per heavy atom. The van der Waals surface area contributed by atoms with E-state index < -0.39 is 11.9 Å². The minimum atomic E-state index is -0.461. The first kappa shape index (κ1) is 18.2. The van der Waals surface area contributed by atoms with Gasteiger partial charge in [0.05, 0.1) is 22.1 Å². The van der Waals surface area contributed by atoms with Crippen LogP contribution in [-0.4, -0.2) is 47.5 Å². The van der Waals surface area contributed by atoms with Crippen molar-refractivity contribution in [2.45, 2.75) is 31.8 Å². The molecule has 1 amide bonds. The zero-order valence-corrected chi connectivity index (χ0v) is 17.1. The van der Waals surface area contributed by atoms with Crippen molar-refractivity contribution >= 4 is 33.4 Å². The number of aromatic nitrogens is 5. The van der Waals surface area contributed by atoms with E-state index in [4.69, 9.17) is 0 Å². The van der Waals surface area contributed by atoms with Gasteiger partial charge < -0.3 is 9.47 Å². The lowest BCUT2D eigenvalue weighted by molar-refractivity contribution is 0.0631. The van der Waals surface area contributed by atoms with Crippen LogP contribution in [-0.2, 0) is 6.54 Å². The van der Waals surface area contributed by atoms with Gasteiger partial charge in [-0.1, -0.05) is 6.08 Å². The zero-order valence-electron chi connectivity index (χ0n) is 15.5. The van der Waals surface area contributed by atoms with Crippen LogP contribution in [0.2, 0.25) is 0 Å². The van der Waals surface area contributed by atoms with E-state index in [-0.39, 0.29) is 11.9 Å². The van der Waals surface area contributed by atoms with Gasteiger partial charge in [0.1, 0.15) is 5.82 Å². The van der Waals surface area contributed by atoms with Gasteiger partial charge in [-0.3, -0.25) is 4.79 Å². The summed E-state index contributed by atoms with van der Waals surface area (Å²) in [5, 5.41) is 4.36. The van der Waals surface area contributed by atoms with Crippen molar-refractivity contribution in [2.24, 2.45) is 4.99 Å². The van der Waals surface area contributed by atoms with Crippen LogP contribution in [0.5, 0.6) is 0 Å². The zero-order chi connectivity index (χ0) is 20.1. The maximum atomic E-state index is 14.1. The first-order valence-corrected chi connectivity index (χ1v) is 10.1. The van der Waals surface area contributed by atoms with Crippen molar-refractivity contribution in [3.05, 3.63) is 58.6 Å². The second kappa shape index (κ2) is 6.87. The monoisotopic (exact) mass is 457 g/mol. The van der Waals surface area contributed by atoms with Gasteiger partial charge in [0, 0.05) is 43.9 Å². The molecule has 3 aromatic rings. The molecule has 5 heterocycles. The fourth-order valence-corrected chi connectivity index (χ4v) is 4.11. The van der Waals surface area contributed by atoms with Crippen molar-refractivity contribution in [3.63, 3.8) is 0 Å². The molecule has 29 heavy (non-hydrogen) atoms. The molecule has 0 bridgehead atoms. The van der Waals surface area contributed by atoms with E-state index in [1.165, 1.54) is 6.20 Å². The number of aliphatic imine (C=N–C) groups is 1. The number of carbonyl (C=O) groups excluding carboxylic acids is 1. The Balaban J connectivity index is 1.43. The molecule has 2 atom stereocenters. The van der Waals surface area contributed by atoms with Crippen molar-refractivity contribution in [2.75, 3.05) is 6.54 Å². The molecule has 5 rings (SSSR count). The predicted octanol–water partition coefficient (Wildman–Crippen LogP) is 3.27. The number of nitrogens with zero attached hydrogens (tertiary/aromatic N) is 7. The average molecular weight is 458 g/mol. The molecule has 0 spiro atoms. The second-order valence-electron chi connectivity index (χ2n) is 7.12. The number of amides is 1. The summed E-state index contributed by atoms with van der Waals surface area (Å²) in [6.45, 7) is 3.04. The Morgan fingerprint density at radius 1 is 1.31 bits per heavy atom. The van der Waals surface area contributed by atoms with Gasteiger partial charge in [0.25, 0.3) is 5.91 Å². The minimum Gasteiger partial charge on any atom is -0.331 e. The summed E-state index contributed by atoms with van der Waals surface area (Å²) >= 11 is 3.35. The van der Waals surface area contributed by atoms with Gasteiger partial charge in [0.15, 0.2) is 17.3 Å². The standard InChI is InChI=1S/C19H17BrFN7O/c1-11-18-24-15(13-3-2-4-22-17(13)21)10-26(18)5-6-27(11)19(29)14-7-16-23-8-12(20)9-28(16)25-14/h2,4,7-11,13H,3,5-6H2,1H3. The number of hydrogen-bond acceptors (Lipinski definition) is 5. The van der Waals surface area contributed by atoms with Gasteiger partial charge in [-0.05, 0) is 29.3 Å². The predicted molar refractivity (Wildman–Crippen MR) is 107 cm³/mol. The molecular weight excluding hydrogens is 441 g/mol. The Morgan fingerprint density at radius 3 is 3.00 bits per heavy atom. The van der Waals surface area contributed by atoms with Crippen LogP contribution in [0.4, 0.5) is 4.39 Å². The molecule has 0 saturated carbocycles. The van der Waals surface area contributed by atoms with Crippen molar-refractivity contribution in [1.29, 1.82) is 0 Å². The molecule has 2 aliphatic heterocycles. The quantitative estimate of drug-likeness (QED) is 0.591. The molecule has 3 aromatic heterocycles. The van der Waals surface area contributed by atoms with Crippen molar-refractivity contribution in [3.8, 4) is 0 Å². The van der Waals surface area contributed by atoms with E-state index in [1.807, 2.05) is 23.8 Å². The number of allylic oxidation sites excluding steroid dienone is 1. The van der Waals surface area contributed by atoms with Gasteiger partial charge in [-0.25, -0.2) is 19.5 Å². The van der Waals surface area contributed by atoms with Crippen LogP contribution in [0.25, 0.3) is 5.65 Å². The highest BCUT2D eigenvalue weighted by molar-refractivity contribution is 9.10. The summed E-state index contributed by atoms with van der Waals surface area (Å²) in [5.74, 6) is -0.320. The average Bonchev–Trinajstić information content (AvgIpc) is 3.32. The number of carbonyl (C=O) groups is 1. The van der Waals surface area contributed by atoms with E-state index in [0.717, 1.165) is 10.3 Å². The van der Waals surface area contributed by atoms with E-state index in [1.54, 1.807) is 27.9 Å². The molecule has 0 aliphatic carbocycles. The molecular formula is C19H17BrFN7O. The largest absolute Gasteiger partial charge is 0.331 e. The third kappa shape index (κ3) is 3.07. The van der Waals surface area contributed by atoms with Crippen molar-refractivity contribution in [1.82, 2.24) is 29.0 Å².